The summed E-state index contributed by atoms with van der Waals surface area (Å²) in [6.45, 7) is 1.25. The van der Waals surface area contributed by atoms with Crippen LogP contribution in [0.1, 0.15) is 5.56 Å². The van der Waals surface area contributed by atoms with Gasteiger partial charge in [-0.25, -0.2) is 8.42 Å². The van der Waals surface area contributed by atoms with Crippen molar-refractivity contribution >= 4 is 27.3 Å². The molecule has 9 nitrogen and oxygen atoms in total. The highest BCUT2D eigenvalue weighted by atomic mass is 32.2. The smallest absolute Gasteiger partial charge is 0.270 e. The zero-order valence-corrected chi connectivity index (χ0v) is 13.9. The first-order valence-corrected chi connectivity index (χ1v) is 8.46. The fourth-order valence-electron chi connectivity index (χ4n) is 1.98. The van der Waals surface area contributed by atoms with Crippen LogP contribution in [0.2, 0.25) is 0 Å². The highest BCUT2D eigenvalue weighted by Gasteiger charge is 2.20. The number of nitrogens with two attached hydrogens (primary N) is 1. The van der Waals surface area contributed by atoms with Crippen LogP contribution in [0.5, 0.6) is 5.75 Å². The Morgan fingerprint density at radius 3 is 2.44 bits per heavy atom. The standard InChI is InChI=1S/C15H15N3O6S/c1-10-2-5-12(18(20)21)8-14(10)25(22,23)17-11-3-6-13(7-4-11)24-9-15(16)19/h2-8,17H,9H2,1H3,(H2,16,19). The Kier molecular flexibility index (Phi) is 5.22. The predicted molar refractivity (Wildman–Crippen MR) is 89.8 cm³/mol. The molecule has 10 heteroatoms. The summed E-state index contributed by atoms with van der Waals surface area (Å²) in [5.74, 6) is -0.292. The third kappa shape index (κ3) is 4.67. The zero-order chi connectivity index (χ0) is 18.6. The number of nitro benzene ring substituents is 1. The summed E-state index contributed by atoms with van der Waals surface area (Å²) in [7, 11) is -4.01. The highest BCUT2D eigenvalue weighted by molar-refractivity contribution is 7.92. The summed E-state index contributed by atoms with van der Waals surface area (Å²) in [6, 6.07) is 9.39. The zero-order valence-electron chi connectivity index (χ0n) is 13.1. The molecule has 0 aromatic heterocycles. The minimum absolute atomic E-state index is 0.184. The van der Waals surface area contributed by atoms with Gasteiger partial charge in [-0.2, -0.15) is 0 Å². The number of non-ortho nitro benzene ring substituents is 1. The molecular formula is C15H15N3O6S. The lowest BCUT2D eigenvalue weighted by molar-refractivity contribution is -0.385. The third-order valence-corrected chi connectivity index (χ3v) is 4.68. The van der Waals surface area contributed by atoms with E-state index in [1.54, 1.807) is 6.92 Å². The van der Waals surface area contributed by atoms with Gasteiger partial charge in [0, 0.05) is 17.8 Å². The maximum Gasteiger partial charge on any atom is 0.270 e. The largest absolute Gasteiger partial charge is 0.484 e. The second-order valence-corrected chi connectivity index (χ2v) is 6.74. The maximum atomic E-state index is 12.5. The van der Waals surface area contributed by atoms with Crippen molar-refractivity contribution in [2.75, 3.05) is 11.3 Å². The monoisotopic (exact) mass is 365 g/mol. The average Bonchev–Trinajstić information content (AvgIpc) is 2.53. The van der Waals surface area contributed by atoms with Crippen LogP contribution < -0.4 is 15.2 Å². The molecule has 2 aromatic rings. The van der Waals surface area contributed by atoms with Gasteiger partial charge < -0.3 is 10.5 Å². The van der Waals surface area contributed by atoms with Gasteiger partial charge in [0.2, 0.25) is 0 Å². The van der Waals surface area contributed by atoms with Crippen LogP contribution in [-0.2, 0) is 14.8 Å². The number of rotatable bonds is 7. The van der Waals surface area contributed by atoms with Gasteiger partial charge in [-0.3, -0.25) is 19.6 Å². The van der Waals surface area contributed by atoms with E-state index < -0.39 is 20.9 Å². The van der Waals surface area contributed by atoms with Gasteiger partial charge in [0.1, 0.15) is 5.75 Å². The van der Waals surface area contributed by atoms with Crippen LogP contribution in [0, 0.1) is 17.0 Å². The minimum Gasteiger partial charge on any atom is -0.484 e. The number of hydrogen-bond acceptors (Lipinski definition) is 6. The number of ether oxygens (including phenoxy) is 1. The van der Waals surface area contributed by atoms with Crippen LogP contribution in [0.4, 0.5) is 11.4 Å². The number of nitrogens with zero attached hydrogens (tertiary/aromatic N) is 1. The van der Waals surface area contributed by atoms with Gasteiger partial charge in [0.25, 0.3) is 21.6 Å². The summed E-state index contributed by atoms with van der Waals surface area (Å²) in [4.78, 5) is 20.6. The van der Waals surface area contributed by atoms with E-state index in [0.29, 0.717) is 11.3 Å². The van der Waals surface area contributed by atoms with Gasteiger partial charge in [-0.15, -0.1) is 0 Å². The molecule has 0 aliphatic rings. The van der Waals surface area contributed by atoms with Crippen LogP contribution >= 0.6 is 0 Å². The molecule has 25 heavy (non-hydrogen) atoms. The quantitative estimate of drug-likeness (QED) is 0.563. The van der Waals surface area contributed by atoms with Crippen molar-refractivity contribution in [1.82, 2.24) is 0 Å². The molecule has 0 aliphatic heterocycles. The van der Waals surface area contributed by atoms with E-state index in [1.807, 2.05) is 0 Å². The first-order chi connectivity index (χ1) is 11.7. The van der Waals surface area contributed by atoms with Crippen molar-refractivity contribution < 1.29 is 22.9 Å². The minimum atomic E-state index is -4.01. The molecule has 0 radical (unpaired) electrons. The summed E-state index contributed by atoms with van der Waals surface area (Å²) in [6.07, 6.45) is 0. The van der Waals surface area contributed by atoms with E-state index in [-0.39, 0.29) is 22.9 Å². The van der Waals surface area contributed by atoms with E-state index >= 15 is 0 Å². The molecule has 0 bridgehead atoms. The fourth-order valence-corrected chi connectivity index (χ4v) is 3.30. The van der Waals surface area contributed by atoms with Crippen molar-refractivity contribution in [2.45, 2.75) is 11.8 Å². The summed E-state index contributed by atoms with van der Waals surface area (Å²) in [5.41, 5.74) is 5.25. The number of amides is 1. The van der Waals surface area contributed by atoms with E-state index in [2.05, 4.69) is 4.72 Å². The van der Waals surface area contributed by atoms with Crippen molar-refractivity contribution in [3.05, 3.63) is 58.1 Å². The Hall–Kier alpha value is -3.14. The third-order valence-electron chi connectivity index (χ3n) is 3.16. The molecule has 3 N–H and O–H groups in total. The molecule has 1 amide bonds. The number of nitro groups is 1. The summed E-state index contributed by atoms with van der Waals surface area (Å²) in [5, 5.41) is 10.8. The van der Waals surface area contributed by atoms with Crippen molar-refractivity contribution in [2.24, 2.45) is 5.73 Å². The number of hydrogen-bond donors (Lipinski definition) is 2. The number of nitrogens with one attached hydrogen (secondary N) is 1. The first-order valence-electron chi connectivity index (χ1n) is 6.98. The Bertz CT molecular complexity index is 909. The Morgan fingerprint density at radius 1 is 1.24 bits per heavy atom. The summed E-state index contributed by atoms with van der Waals surface area (Å²) < 4.78 is 32.3. The molecule has 0 atom stereocenters. The maximum absolute atomic E-state index is 12.5. The lowest BCUT2D eigenvalue weighted by atomic mass is 10.2. The molecule has 0 heterocycles. The van der Waals surface area contributed by atoms with Crippen molar-refractivity contribution in [3.63, 3.8) is 0 Å². The molecule has 132 valence electrons. The lowest BCUT2D eigenvalue weighted by Gasteiger charge is -2.11. The van der Waals surface area contributed by atoms with E-state index in [1.165, 1.54) is 36.4 Å². The lowest BCUT2D eigenvalue weighted by Crippen LogP contribution is -2.20. The number of anilines is 1. The van der Waals surface area contributed by atoms with Gasteiger partial charge in [0.15, 0.2) is 6.61 Å². The first kappa shape index (κ1) is 18.2. The second-order valence-electron chi connectivity index (χ2n) is 5.09. The van der Waals surface area contributed by atoms with Crippen molar-refractivity contribution in [1.29, 1.82) is 0 Å². The number of carbonyl (C=O) groups is 1. The molecular weight excluding hydrogens is 350 g/mol. The molecule has 0 unspecified atom stereocenters. The topological polar surface area (TPSA) is 142 Å². The van der Waals surface area contributed by atoms with Crippen LogP contribution in [-0.4, -0.2) is 25.9 Å². The van der Waals surface area contributed by atoms with Gasteiger partial charge in [-0.1, -0.05) is 6.07 Å². The molecule has 0 saturated heterocycles. The predicted octanol–water partition coefficient (Wildman–Crippen LogP) is 1.57. The number of carbonyl (C=O) groups excluding carboxylic acids is 1. The fraction of sp³-hybridized carbons (Fsp3) is 0.133. The van der Waals surface area contributed by atoms with Gasteiger partial charge >= 0.3 is 0 Å². The Labute approximate surface area is 143 Å². The van der Waals surface area contributed by atoms with Gasteiger partial charge in [0.05, 0.1) is 9.82 Å². The number of benzene rings is 2. The van der Waals surface area contributed by atoms with Gasteiger partial charge in [-0.05, 0) is 36.8 Å². The summed E-state index contributed by atoms with van der Waals surface area (Å²) >= 11 is 0. The number of primary amides is 1. The Morgan fingerprint density at radius 2 is 1.88 bits per heavy atom. The van der Waals surface area contributed by atoms with E-state index in [9.17, 15) is 23.3 Å². The molecule has 0 saturated carbocycles. The molecule has 0 aliphatic carbocycles. The molecule has 0 fully saturated rings. The number of aryl methyl sites for hydroxylation is 1. The SMILES string of the molecule is Cc1ccc([N+](=O)[O-])cc1S(=O)(=O)Nc1ccc(OCC(N)=O)cc1. The van der Waals surface area contributed by atoms with Crippen LogP contribution in [0.3, 0.4) is 0 Å². The molecule has 2 rings (SSSR count). The highest BCUT2D eigenvalue weighted by Crippen LogP contribution is 2.25. The second kappa shape index (κ2) is 7.18. The van der Waals surface area contributed by atoms with Crippen LogP contribution in [0.15, 0.2) is 47.4 Å². The number of sulfonamides is 1. The molecule has 0 spiro atoms. The van der Waals surface area contributed by atoms with E-state index in [4.69, 9.17) is 10.5 Å². The van der Waals surface area contributed by atoms with E-state index in [0.717, 1.165) is 6.07 Å². The molecule has 2 aromatic carbocycles. The Balaban J connectivity index is 2.23. The van der Waals surface area contributed by atoms with Crippen molar-refractivity contribution in [3.8, 4) is 5.75 Å². The average molecular weight is 365 g/mol. The van der Waals surface area contributed by atoms with Crippen LogP contribution in [0.25, 0.3) is 0 Å². The normalized spacial score (nSPS) is 10.9.